The van der Waals surface area contributed by atoms with Gasteiger partial charge in [0.15, 0.2) is 0 Å². The van der Waals surface area contributed by atoms with Gasteiger partial charge in [-0.15, -0.1) is 0 Å². The fourth-order valence-electron chi connectivity index (χ4n) is 4.40. The van der Waals surface area contributed by atoms with Crippen LogP contribution in [-0.2, 0) is 22.3 Å². The molecule has 0 atom stereocenters. The highest BCUT2D eigenvalue weighted by Crippen LogP contribution is 2.47. The van der Waals surface area contributed by atoms with Crippen molar-refractivity contribution in [3.05, 3.63) is 35.4 Å². The number of carbonyl (C=O) groups excluding carboxylic acids is 2. The van der Waals surface area contributed by atoms with Gasteiger partial charge >= 0.3 is 6.18 Å². The minimum Gasteiger partial charge on any atom is -0.278 e. The lowest BCUT2D eigenvalue weighted by Crippen LogP contribution is -2.43. The first kappa shape index (κ1) is 18.5. The Morgan fingerprint density at radius 2 is 1.70 bits per heavy atom. The molecule has 146 valence electrons. The average Bonchev–Trinajstić information content (AvgIpc) is 3.31. The highest BCUT2D eigenvalue weighted by atomic mass is 19.4. The Labute approximate surface area is 156 Å². The summed E-state index contributed by atoms with van der Waals surface area (Å²) >= 11 is 0. The van der Waals surface area contributed by atoms with Crippen LogP contribution in [0.4, 0.5) is 13.2 Å². The number of carbonyl (C=O) groups is 2. The van der Waals surface area contributed by atoms with Gasteiger partial charge in [0.05, 0.1) is 17.6 Å². The Kier molecular flexibility index (Phi) is 4.53. The van der Waals surface area contributed by atoms with E-state index in [9.17, 15) is 22.8 Å². The van der Waals surface area contributed by atoms with Crippen molar-refractivity contribution in [1.29, 1.82) is 0 Å². The normalized spacial score (nSPS) is 22.4. The van der Waals surface area contributed by atoms with Crippen LogP contribution in [0.25, 0.3) is 0 Å². The smallest absolute Gasteiger partial charge is 0.278 e. The van der Waals surface area contributed by atoms with Gasteiger partial charge in [-0.3, -0.25) is 19.4 Å². The molecule has 0 aromatic heterocycles. The van der Waals surface area contributed by atoms with E-state index in [-0.39, 0.29) is 24.5 Å². The van der Waals surface area contributed by atoms with Gasteiger partial charge in [0.1, 0.15) is 0 Å². The van der Waals surface area contributed by atoms with E-state index in [1.165, 1.54) is 17.0 Å². The van der Waals surface area contributed by atoms with Crippen molar-refractivity contribution in [3.63, 3.8) is 0 Å². The summed E-state index contributed by atoms with van der Waals surface area (Å²) in [5, 5.41) is 0. The summed E-state index contributed by atoms with van der Waals surface area (Å²) in [6, 6.07) is 5.41. The zero-order chi connectivity index (χ0) is 19.2. The van der Waals surface area contributed by atoms with Crippen LogP contribution < -0.4 is 0 Å². The molecule has 1 spiro atoms. The zero-order valence-electron chi connectivity index (χ0n) is 15.1. The second kappa shape index (κ2) is 6.62. The monoisotopic (exact) mass is 380 g/mol. The van der Waals surface area contributed by atoms with Crippen LogP contribution in [0, 0.1) is 5.41 Å². The van der Waals surface area contributed by atoms with Gasteiger partial charge in [-0.1, -0.05) is 25.0 Å². The van der Waals surface area contributed by atoms with Crippen molar-refractivity contribution < 1.29 is 22.8 Å². The lowest BCUT2D eigenvalue weighted by Gasteiger charge is -2.28. The third kappa shape index (κ3) is 3.61. The number of imide groups is 1. The predicted octanol–water partition coefficient (Wildman–Crippen LogP) is 3.95. The van der Waals surface area contributed by atoms with E-state index in [0.29, 0.717) is 13.0 Å². The molecule has 2 saturated carbocycles. The number of halogens is 3. The van der Waals surface area contributed by atoms with Crippen molar-refractivity contribution in [3.8, 4) is 0 Å². The van der Waals surface area contributed by atoms with Gasteiger partial charge in [0, 0.05) is 19.0 Å². The molecule has 1 aromatic carbocycles. The molecule has 3 fully saturated rings. The van der Waals surface area contributed by atoms with Crippen LogP contribution in [0.15, 0.2) is 24.3 Å². The van der Waals surface area contributed by atoms with E-state index in [1.807, 2.05) is 4.90 Å². The van der Waals surface area contributed by atoms with Crippen LogP contribution in [-0.4, -0.2) is 34.3 Å². The van der Waals surface area contributed by atoms with E-state index in [1.54, 1.807) is 0 Å². The Morgan fingerprint density at radius 1 is 1.07 bits per heavy atom. The molecule has 0 radical (unpaired) electrons. The third-order valence-corrected chi connectivity index (χ3v) is 6.10. The van der Waals surface area contributed by atoms with Crippen LogP contribution in [0.2, 0.25) is 0 Å². The maximum Gasteiger partial charge on any atom is 0.416 e. The van der Waals surface area contributed by atoms with Crippen LogP contribution in [0.3, 0.4) is 0 Å². The largest absolute Gasteiger partial charge is 0.416 e. The van der Waals surface area contributed by atoms with Crippen molar-refractivity contribution >= 4 is 11.8 Å². The summed E-state index contributed by atoms with van der Waals surface area (Å²) in [6.07, 6.45) is 1.50. The van der Waals surface area contributed by atoms with Crippen molar-refractivity contribution in [2.75, 3.05) is 6.67 Å². The summed E-state index contributed by atoms with van der Waals surface area (Å²) < 4.78 is 38.2. The first-order valence-corrected chi connectivity index (χ1v) is 9.53. The second-order valence-electron chi connectivity index (χ2n) is 8.11. The quantitative estimate of drug-likeness (QED) is 0.727. The number of likely N-dealkylation sites (tertiary alicyclic amines) is 1. The van der Waals surface area contributed by atoms with Gasteiger partial charge in [-0.2, -0.15) is 13.2 Å². The van der Waals surface area contributed by atoms with Crippen LogP contribution in [0.1, 0.15) is 56.1 Å². The van der Waals surface area contributed by atoms with Gasteiger partial charge in [0.25, 0.3) is 0 Å². The minimum absolute atomic E-state index is 0.0527. The second-order valence-corrected chi connectivity index (χ2v) is 8.11. The number of hydrogen-bond acceptors (Lipinski definition) is 3. The highest BCUT2D eigenvalue weighted by Gasteiger charge is 2.53. The number of rotatable bonds is 5. The Hall–Kier alpha value is -1.89. The maximum absolute atomic E-state index is 12.9. The van der Waals surface area contributed by atoms with Crippen molar-refractivity contribution in [2.24, 2.45) is 5.41 Å². The molecule has 2 aliphatic carbocycles. The fourth-order valence-corrected chi connectivity index (χ4v) is 4.40. The SMILES string of the molecule is O=C1CC2(CCCC2)C(=O)N1CN(Cc1ccc(C(F)(F)F)cc1)C1CC1. The molecule has 2 amide bonds. The summed E-state index contributed by atoms with van der Waals surface area (Å²) in [6.45, 7) is 0.679. The topological polar surface area (TPSA) is 40.6 Å². The van der Waals surface area contributed by atoms with Crippen molar-refractivity contribution in [1.82, 2.24) is 9.80 Å². The van der Waals surface area contributed by atoms with Crippen LogP contribution >= 0.6 is 0 Å². The van der Waals surface area contributed by atoms with E-state index in [2.05, 4.69) is 0 Å². The molecule has 7 heteroatoms. The molecule has 1 heterocycles. The van der Waals surface area contributed by atoms with Crippen LogP contribution in [0.5, 0.6) is 0 Å². The highest BCUT2D eigenvalue weighted by molar-refractivity contribution is 6.06. The molecule has 1 saturated heterocycles. The molecule has 27 heavy (non-hydrogen) atoms. The first-order valence-electron chi connectivity index (χ1n) is 9.53. The Balaban J connectivity index is 1.46. The summed E-state index contributed by atoms with van der Waals surface area (Å²) in [4.78, 5) is 28.8. The Bertz CT molecular complexity index is 735. The number of benzene rings is 1. The van der Waals surface area contributed by atoms with E-state index in [4.69, 9.17) is 0 Å². The van der Waals surface area contributed by atoms with E-state index in [0.717, 1.165) is 56.2 Å². The lowest BCUT2D eigenvalue weighted by atomic mass is 9.85. The molecule has 0 N–H and O–H groups in total. The number of nitrogens with zero attached hydrogens (tertiary/aromatic N) is 2. The zero-order valence-corrected chi connectivity index (χ0v) is 15.1. The number of amides is 2. The molecule has 4 nitrogen and oxygen atoms in total. The average molecular weight is 380 g/mol. The molecule has 1 aromatic rings. The lowest BCUT2D eigenvalue weighted by molar-refractivity contribution is -0.144. The summed E-state index contributed by atoms with van der Waals surface area (Å²) in [5.41, 5.74) is -0.400. The minimum atomic E-state index is -4.35. The van der Waals surface area contributed by atoms with Gasteiger partial charge < -0.3 is 0 Å². The number of hydrogen-bond donors (Lipinski definition) is 0. The third-order valence-electron chi connectivity index (χ3n) is 6.10. The predicted molar refractivity (Wildman–Crippen MR) is 92.2 cm³/mol. The first-order chi connectivity index (χ1) is 12.8. The van der Waals surface area contributed by atoms with Gasteiger partial charge in [0.2, 0.25) is 11.8 Å². The van der Waals surface area contributed by atoms with Crippen molar-refractivity contribution in [2.45, 2.75) is 63.7 Å². The van der Waals surface area contributed by atoms with Gasteiger partial charge in [-0.05, 0) is 43.4 Å². The number of alkyl halides is 3. The van der Waals surface area contributed by atoms with E-state index >= 15 is 0 Å². The molecule has 0 bridgehead atoms. The summed E-state index contributed by atoms with van der Waals surface area (Å²) in [5.74, 6) is -0.164. The fraction of sp³-hybridized carbons (Fsp3) is 0.600. The van der Waals surface area contributed by atoms with E-state index < -0.39 is 17.2 Å². The summed E-state index contributed by atoms with van der Waals surface area (Å²) in [7, 11) is 0. The van der Waals surface area contributed by atoms with Gasteiger partial charge in [-0.25, -0.2) is 0 Å². The standard InChI is InChI=1S/C20H23F3N2O2/c21-20(22,23)15-5-3-14(4-6-15)12-24(16-7-8-16)13-25-17(26)11-19(18(25)27)9-1-2-10-19/h3-6,16H,1-2,7-13H2. The molecule has 1 aliphatic heterocycles. The molecule has 0 unspecified atom stereocenters. The molecule has 3 aliphatic rings. The molecule has 4 rings (SSSR count). The molecular formula is C20H23F3N2O2. The Morgan fingerprint density at radius 3 is 2.26 bits per heavy atom. The molecular weight excluding hydrogens is 357 g/mol. The maximum atomic E-state index is 12.9.